The second-order valence-corrected chi connectivity index (χ2v) is 11.5. The highest BCUT2D eigenvalue weighted by atomic mass is 16.3. The van der Waals surface area contributed by atoms with Crippen LogP contribution in [0.25, 0.3) is 89.3 Å². The number of hydrogen-bond donors (Lipinski definition) is 0. The number of fused-ring (bicyclic) bond motifs is 4. The van der Waals surface area contributed by atoms with Gasteiger partial charge in [-0.15, -0.1) is 0 Å². The van der Waals surface area contributed by atoms with E-state index in [0.29, 0.717) is 17.5 Å². The topological polar surface area (TPSA) is 64.7 Å². The number of aromatic nitrogens is 4. The van der Waals surface area contributed by atoms with Gasteiger partial charge in [-0.2, -0.15) is 0 Å². The van der Waals surface area contributed by atoms with Crippen LogP contribution in [0.15, 0.2) is 162 Å². The second-order valence-electron chi connectivity index (χ2n) is 11.5. The van der Waals surface area contributed by atoms with Gasteiger partial charge < -0.3 is 4.42 Å². The number of furan rings is 1. The van der Waals surface area contributed by atoms with Gasteiger partial charge >= 0.3 is 0 Å². The standard InChI is InChI=1S/C42H26N4O/c1-4-11-27(12-5-1)28-18-20-29(21-19-28)33-23-35(39-34-26-36-32(17-10-22-43-36)24-37(34)47-38(39)25-33)42-45-40(30-13-6-2-7-14-30)44-41(46-42)31-15-8-3-9-16-31/h1-26H. The van der Waals surface area contributed by atoms with E-state index in [4.69, 9.17) is 19.4 Å². The number of hydrogen-bond acceptors (Lipinski definition) is 5. The van der Waals surface area contributed by atoms with E-state index < -0.39 is 0 Å². The Kier molecular flexibility index (Phi) is 6.39. The first-order chi connectivity index (χ1) is 23.3. The molecule has 0 aliphatic heterocycles. The van der Waals surface area contributed by atoms with Crippen LogP contribution in [-0.4, -0.2) is 19.9 Å². The minimum atomic E-state index is 0.578. The molecule has 5 heteroatoms. The van der Waals surface area contributed by atoms with Gasteiger partial charge in [0.15, 0.2) is 17.5 Å². The molecular formula is C42H26N4O. The fourth-order valence-corrected chi connectivity index (χ4v) is 6.23. The Balaban J connectivity index is 1.31. The maximum absolute atomic E-state index is 6.61. The lowest BCUT2D eigenvalue weighted by Gasteiger charge is -2.11. The lowest BCUT2D eigenvalue weighted by Crippen LogP contribution is -2.00. The highest BCUT2D eigenvalue weighted by Crippen LogP contribution is 2.41. The van der Waals surface area contributed by atoms with Crippen molar-refractivity contribution in [2.75, 3.05) is 0 Å². The van der Waals surface area contributed by atoms with Crippen LogP contribution >= 0.6 is 0 Å². The number of nitrogens with zero attached hydrogens (tertiary/aromatic N) is 4. The number of rotatable bonds is 5. The summed E-state index contributed by atoms with van der Waals surface area (Å²) in [5.74, 6) is 1.80. The fraction of sp³-hybridized carbons (Fsp3) is 0. The predicted molar refractivity (Wildman–Crippen MR) is 190 cm³/mol. The maximum atomic E-state index is 6.61. The molecule has 47 heavy (non-hydrogen) atoms. The van der Waals surface area contributed by atoms with Crippen molar-refractivity contribution in [3.05, 3.63) is 158 Å². The van der Waals surface area contributed by atoms with E-state index in [-0.39, 0.29) is 0 Å². The van der Waals surface area contributed by atoms with Crippen LogP contribution in [0.1, 0.15) is 0 Å². The Morgan fingerprint density at radius 3 is 1.60 bits per heavy atom. The second kappa shape index (κ2) is 11.2. The summed E-state index contributed by atoms with van der Waals surface area (Å²) < 4.78 is 6.61. The van der Waals surface area contributed by atoms with E-state index in [1.807, 2.05) is 79.0 Å². The fourth-order valence-electron chi connectivity index (χ4n) is 6.23. The van der Waals surface area contributed by atoms with Crippen molar-refractivity contribution in [1.29, 1.82) is 0 Å². The minimum absolute atomic E-state index is 0.578. The third-order valence-corrected chi connectivity index (χ3v) is 8.56. The lowest BCUT2D eigenvalue weighted by molar-refractivity contribution is 0.669. The highest BCUT2D eigenvalue weighted by Gasteiger charge is 2.20. The average molecular weight is 603 g/mol. The Hall–Kier alpha value is -6.46. The molecule has 0 N–H and O–H groups in total. The summed E-state index contributed by atoms with van der Waals surface area (Å²) in [4.78, 5) is 19.8. The van der Waals surface area contributed by atoms with Crippen LogP contribution in [0, 0.1) is 0 Å². The minimum Gasteiger partial charge on any atom is -0.456 e. The van der Waals surface area contributed by atoms with Crippen molar-refractivity contribution in [2.45, 2.75) is 0 Å². The molecule has 0 atom stereocenters. The zero-order valence-corrected chi connectivity index (χ0v) is 25.2. The Labute approximate surface area is 270 Å². The number of pyridine rings is 1. The van der Waals surface area contributed by atoms with Crippen LogP contribution in [0.4, 0.5) is 0 Å². The third kappa shape index (κ3) is 4.91. The molecule has 0 radical (unpaired) electrons. The molecular weight excluding hydrogens is 576 g/mol. The van der Waals surface area contributed by atoms with Crippen molar-refractivity contribution >= 4 is 32.8 Å². The molecule has 0 saturated heterocycles. The quantitative estimate of drug-likeness (QED) is 0.196. The van der Waals surface area contributed by atoms with Crippen LogP contribution in [0.3, 0.4) is 0 Å². The van der Waals surface area contributed by atoms with E-state index >= 15 is 0 Å². The Bertz CT molecular complexity index is 2490. The van der Waals surface area contributed by atoms with Crippen molar-refractivity contribution < 1.29 is 4.42 Å². The summed E-state index contributed by atoms with van der Waals surface area (Å²) in [6.07, 6.45) is 1.82. The maximum Gasteiger partial charge on any atom is 0.164 e. The summed E-state index contributed by atoms with van der Waals surface area (Å²) in [5, 5.41) is 2.94. The summed E-state index contributed by atoms with van der Waals surface area (Å²) in [6, 6.07) is 51.6. The average Bonchev–Trinajstić information content (AvgIpc) is 3.51. The van der Waals surface area contributed by atoms with Crippen LogP contribution in [0.5, 0.6) is 0 Å². The van der Waals surface area contributed by atoms with E-state index in [1.54, 1.807) is 0 Å². The van der Waals surface area contributed by atoms with Gasteiger partial charge in [-0.05, 0) is 52.6 Å². The normalized spacial score (nSPS) is 11.4. The van der Waals surface area contributed by atoms with E-state index in [0.717, 1.165) is 66.2 Å². The van der Waals surface area contributed by atoms with Gasteiger partial charge in [0.05, 0.1) is 5.52 Å². The number of benzene rings is 6. The SMILES string of the molecule is c1ccc(-c2ccc(-c3cc(-c4nc(-c5ccccc5)nc(-c5ccccc5)n4)c4c(c3)oc3cc5cccnc5cc34)cc2)cc1. The van der Waals surface area contributed by atoms with Gasteiger partial charge in [-0.1, -0.05) is 121 Å². The van der Waals surface area contributed by atoms with Crippen molar-refractivity contribution in [2.24, 2.45) is 0 Å². The zero-order valence-electron chi connectivity index (χ0n) is 25.2. The van der Waals surface area contributed by atoms with E-state index in [1.165, 1.54) is 5.56 Å². The first-order valence-electron chi connectivity index (χ1n) is 15.5. The molecule has 0 aliphatic carbocycles. The van der Waals surface area contributed by atoms with Crippen molar-refractivity contribution in [3.8, 4) is 56.4 Å². The molecule has 5 nitrogen and oxygen atoms in total. The van der Waals surface area contributed by atoms with Gasteiger partial charge in [0.2, 0.25) is 0 Å². The Morgan fingerprint density at radius 2 is 0.957 bits per heavy atom. The first kappa shape index (κ1) is 26.9. The molecule has 3 aromatic heterocycles. The van der Waals surface area contributed by atoms with Gasteiger partial charge in [0, 0.05) is 39.0 Å². The van der Waals surface area contributed by atoms with Gasteiger partial charge in [0.1, 0.15) is 11.2 Å². The molecule has 9 aromatic rings. The molecule has 0 aliphatic rings. The van der Waals surface area contributed by atoms with E-state index in [2.05, 4.69) is 83.8 Å². The zero-order chi connectivity index (χ0) is 31.2. The highest BCUT2D eigenvalue weighted by molar-refractivity contribution is 6.15. The van der Waals surface area contributed by atoms with Crippen LogP contribution < -0.4 is 0 Å². The van der Waals surface area contributed by atoms with Crippen molar-refractivity contribution in [3.63, 3.8) is 0 Å². The Morgan fingerprint density at radius 1 is 0.404 bits per heavy atom. The third-order valence-electron chi connectivity index (χ3n) is 8.56. The molecule has 9 rings (SSSR count). The first-order valence-corrected chi connectivity index (χ1v) is 15.5. The van der Waals surface area contributed by atoms with Crippen LogP contribution in [0.2, 0.25) is 0 Å². The largest absolute Gasteiger partial charge is 0.456 e. The summed E-state index contributed by atoms with van der Waals surface area (Å²) in [7, 11) is 0. The molecule has 0 fully saturated rings. The molecule has 0 bridgehead atoms. The molecule has 0 spiro atoms. The summed E-state index contributed by atoms with van der Waals surface area (Å²) in [5.41, 5.74) is 9.59. The van der Waals surface area contributed by atoms with Crippen LogP contribution in [-0.2, 0) is 0 Å². The monoisotopic (exact) mass is 602 g/mol. The molecule has 220 valence electrons. The molecule has 3 heterocycles. The van der Waals surface area contributed by atoms with Crippen molar-refractivity contribution in [1.82, 2.24) is 19.9 Å². The molecule has 0 saturated carbocycles. The summed E-state index contributed by atoms with van der Waals surface area (Å²) >= 11 is 0. The summed E-state index contributed by atoms with van der Waals surface area (Å²) in [6.45, 7) is 0. The van der Waals surface area contributed by atoms with Gasteiger partial charge in [0.25, 0.3) is 0 Å². The molecule has 6 aromatic carbocycles. The molecule has 0 unspecified atom stereocenters. The lowest BCUT2D eigenvalue weighted by atomic mass is 9.96. The molecule has 0 amide bonds. The van der Waals surface area contributed by atoms with Gasteiger partial charge in [-0.3, -0.25) is 4.98 Å². The van der Waals surface area contributed by atoms with Gasteiger partial charge in [-0.25, -0.2) is 15.0 Å². The predicted octanol–water partition coefficient (Wildman–Crippen LogP) is 10.7. The van der Waals surface area contributed by atoms with E-state index in [9.17, 15) is 0 Å². The smallest absolute Gasteiger partial charge is 0.164 e.